The topological polar surface area (TPSA) is 49.0 Å². The quantitative estimate of drug-likeness (QED) is 0.596. The molecule has 1 radical (unpaired) electrons. The maximum Gasteiger partial charge on any atom is 0.450 e. The van der Waals surface area contributed by atoms with Gasteiger partial charge in [-0.05, 0) is 12.3 Å². The second-order valence-corrected chi connectivity index (χ2v) is 3.52. The number of hydrogen-bond acceptors (Lipinski definition) is 1. The van der Waals surface area contributed by atoms with Crippen molar-refractivity contribution in [1.82, 2.24) is 5.32 Å². The highest BCUT2D eigenvalue weighted by atomic mass is 16.4. The monoisotopic (exact) mass is 144 g/mol. The molecule has 1 atom stereocenters. The predicted molar refractivity (Wildman–Crippen MR) is 38.1 cm³/mol. The second-order valence-electron chi connectivity index (χ2n) is 3.52. The highest BCUT2D eigenvalue weighted by Gasteiger charge is 2.21. The molecule has 0 saturated carbocycles. The van der Waals surface area contributed by atoms with Crippen molar-refractivity contribution >= 4 is 6.09 Å². The van der Waals surface area contributed by atoms with Crippen LogP contribution in [-0.4, -0.2) is 12.1 Å². The molecule has 0 aliphatic carbocycles. The molecule has 0 fully saturated rings. The van der Waals surface area contributed by atoms with Gasteiger partial charge in [-0.15, -0.1) is 0 Å². The lowest BCUT2D eigenvalue weighted by Gasteiger charge is -2.26. The summed E-state index contributed by atoms with van der Waals surface area (Å²) in [5, 5.41) is 12.3. The fraction of sp³-hybridized carbons (Fsp3) is 0.857. The van der Waals surface area contributed by atoms with Crippen LogP contribution in [0.25, 0.3) is 0 Å². The third kappa shape index (κ3) is 3.33. The fourth-order valence-corrected chi connectivity index (χ4v) is 0.393. The SMILES string of the molecule is CC(NC([O])=O)C(C)(C)C. The van der Waals surface area contributed by atoms with E-state index in [0.29, 0.717) is 0 Å². The van der Waals surface area contributed by atoms with Crippen LogP contribution in [0.5, 0.6) is 0 Å². The Kier molecular flexibility index (Phi) is 2.69. The molecule has 0 heterocycles. The Bertz CT molecular complexity index is 126. The molecule has 3 nitrogen and oxygen atoms in total. The normalized spacial score (nSPS) is 14.4. The molecule has 10 heavy (non-hydrogen) atoms. The minimum absolute atomic E-state index is 0.0416. The molecular weight excluding hydrogens is 130 g/mol. The largest absolute Gasteiger partial charge is 0.450 e. The van der Waals surface area contributed by atoms with E-state index in [1.807, 2.05) is 27.7 Å². The van der Waals surface area contributed by atoms with Gasteiger partial charge in [-0.3, -0.25) is 0 Å². The van der Waals surface area contributed by atoms with E-state index in [-0.39, 0.29) is 11.5 Å². The van der Waals surface area contributed by atoms with Crippen molar-refractivity contribution in [3.63, 3.8) is 0 Å². The third-order valence-corrected chi connectivity index (χ3v) is 1.63. The summed E-state index contributed by atoms with van der Waals surface area (Å²) in [6.45, 7) is 7.71. The van der Waals surface area contributed by atoms with Crippen molar-refractivity contribution in [3.8, 4) is 0 Å². The first-order valence-electron chi connectivity index (χ1n) is 3.31. The van der Waals surface area contributed by atoms with E-state index < -0.39 is 6.09 Å². The molecule has 0 spiro atoms. The van der Waals surface area contributed by atoms with Gasteiger partial charge in [-0.25, -0.2) is 9.90 Å². The van der Waals surface area contributed by atoms with E-state index in [4.69, 9.17) is 0 Å². The summed E-state index contributed by atoms with van der Waals surface area (Å²) in [7, 11) is 0. The zero-order valence-corrected chi connectivity index (χ0v) is 6.89. The second kappa shape index (κ2) is 2.90. The third-order valence-electron chi connectivity index (χ3n) is 1.63. The van der Waals surface area contributed by atoms with Crippen molar-refractivity contribution in [2.75, 3.05) is 0 Å². The van der Waals surface area contributed by atoms with E-state index in [2.05, 4.69) is 5.32 Å². The summed E-state index contributed by atoms with van der Waals surface area (Å²) in [4.78, 5) is 10.0. The van der Waals surface area contributed by atoms with E-state index in [9.17, 15) is 9.90 Å². The molecule has 1 unspecified atom stereocenters. The molecule has 0 saturated heterocycles. The number of hydrogen-bond donors (Lipinski definition) is 1. The minimum Gasteiger partial charge on any atom is -0.315 e. The van der Waals surface area contributed by atoms with Gasteiger partial charge in [0.1, 0.15) is 0 Å². The lowest BCUT2D eigenvalue weighted by Crippen LogP contribution is -2.40. The van der Waals surface area contributed by atoms with Gasteiger partial charge in [0, 0.05) is 6.04 Å². The molecule has 0 aromatic heterocycles. The van der Waals surface area contributed by atoms with Gasteiger partial charge in [0.15, 0.2) is 0 Å². The first-order valence-corrected chi connectivity index (χ1v) is 3.31. The molecule has 0 aliphatic rings. The van der Waals surface area contributed by atoms with Gasteiger partial charge in [0.2, 0.25) is 0 Å². The Morgan fingerprint density at radius 2 is 1.80 bits per heavy atom. The average molecular weight is 144 g/mol. The van der Waals surface area contributed by atoms with Crippen LogP contribution in [0.3, 0.4) is 0 Å². The van der Waals surface area contributed by atoms with Crippen molar-refractivity contribution in [2.45, 2.75) is 33.7 Å². The van der Waals surface area contributed by atoms with E-state index in [1.54, 1.807) is 0 Å². The lowest BCUT2D eigenvalue weighted by atomic mass is 9.88. The maximum atomic E-state index is 10.0. The van der Waals surface area contributed by atoms with Crippen molar-refractivity contribution < 1.29 is 9.90 Å². The zero-order chi connectivity index (χ0) is 8.36. The molecule has 3 heteroatoms. The Morgan fingerprint density at radius 1 is 1.40 bits per heavy atom. The van der Waals surface area contributed by atoms with E-state index >= 15 is 0 Å². The summed E-state index contributed by atoms with van der Waals surface area (Å²) < 4.78 is 0. The molecule has 0 aliphatic heterocycles. The highest BCUT2D eigenvalue weighted by molar-refractivity contribution is 5.64. The summed E-state index contributed by atoms with van der Waals surface area (Å²) >= 11 is 0. The number of amides is 1. The average Bonchev–Trinajstić information content (AvgIpc) is 1.60. The van der Waals surface area contributed by atoms with Crippen LogP contribution in [0.15, 0.2) is 0 Å². The van der Waals surface area contributed by atoms with Gasteiger partial charge in [-0.1, -0.05) is 20.8 Å². The molecule has 0 rings (SSSR count). The number of rotatable bonds is 1. The Balaban J connectivity index is 3.85. The minimum atomic E-state index is -1.21. The zero-order valence-electron chi connectivity index (χ0n) is 6.89. The van der Waals surface area contributed by atoms with Crippen LogP contribution in [0, 0.1) is 5.41 Å². The van der Waals surface area contributed by atoms with E-state index in [0.717, 1.165) is 0 Å². The van der Waals surface area contributed by atoms with Gasteiger partial charge in [-0.2, -0.15) is 0 Å². The molecule has 0 aromatic rings. The van der Waals surface area contributed by atoms with Crippen molar-refractivity contribution in [3.05, 3.63) is 0 Å². The van der Waals surface area contributed by atoms with Crippen molar-refractivity contribution in [1.29, 1.82) is 0 Å². The highest BCUT2D eigenvalue weighted by Crippen LogP contribution is 2.17. The number of nitrogens with one attached hydrogen (secondary N) is 1. The van der Waals surface area contributed by atoms with Crippen LogP contribution in [-0.2, 0) is 5.11 Å². The number of carbonyl (C=O) groups is 1. The fourth-order valence-electron chi connectivity index (χ4n) is 0.393. The first-order chi connectivity index (χ1) is 4.34. The van der Waals surface area contributed by atoms with Crippen LogP contribution >= 0.6 is 0 Å². The van der Waals surface area contributed by atoms with Gasteiger partial charge >= 0.3 is 6.09 Å². The summed E-state index contributed by atoms with van der Waals surface area (Å²) in [6, 6.07) is -0.0718. The Morgan fingerprint density at radius 3 is 1.90 bits per heavy atom. The molecule has 0 aromatic carbocycles. The molecular formula is C7H14NO2. The van der Waals surface area contributed by atoms with Crippen LogP contribution in [0.1, 0.15) is 27.7 Å². The van der Waals surface area contributed by atoms with E-state index in [1.165, 1.54) is 0 Å². The first kappa shape index (κ1) is 9.27. The molecule has 1 N–H and O–H groups in total. The van der Waals surface area contributed by atoms with Crippen molar-refractivity contribution in [2.24, 2.45) is 5.41 Å². The lowest BCUT2D eigenvalue weighted by molar-refractivity contribution is 0.154. The molecule has 59 valence electrons. The smallest absolute Gasteiger partial charge is 0.315 e. The van der Waals surface area contributed by atoms with Gasteiger partial charge in [0.05, 0.1) is 0 Å². The Hall–Kier alpha value is -0.730. The molecule has 0 bridgehead atoms. The van der Waals surface area contributed by atoms with Crippen LogP contribution in [0.2, 0.25) is 0 Å². The summed E-state index contributed by atoms with van der Waals surface area (Å²) in [6.07, 6.45) is -1.21. The summed E-state index contributed by atoms with van der Waals surface area (Å²) in [5.41, 5.74) is -0.0416. The Labute approximate surface area is 61.4 Å². The maximum absolute atomic E-state index is 10.0. The van der Waals surface area contributed by atoms with Crippen LogP contribution in [0.4, 0.5) is 4.79 Å². The number of carbonyl (C=O) groups excluding carboxylic acids is 1. The summed E-state index contributed by atoms with van der Waals surface area (Å²) in [5.74, 6) is 0. The van der Waals surface area contributed by atoms with Gasteiger partial charge < -0.3 is 5.32 Å². The van der Waals surface area contributed by atoms with Gasteiger partial charge in [0.25, 0.3) is 0 Å². The predicted octanol–water partition coefficient (Wildman–Crippen LogP) is 1.56. The molecule has 1 amide bonds. The standard InChI is InChI=1S/C7H14NO2/c1-5(7(2,3)4)8-6(9)10/h5,8H,1-4H3. The van der Waals surface area contributed by atoms with Crippen LogP contribution < -0.4 is 5.32 Å².